The lowest BCUT2D eigenvalue weighted by atomic mass is 9.83. The summed E-state index contributed by atoms with van der Waals surface area (Å²) in [6, 6.07) is 17.0. The second kappa shape index (κ2) is 7.77. The van der Waals surface area contributed by atoms with E-state index in [0.29, 0.717) is 11.4 Å². The summed E-state index contributed by atoms with van der Waals surface area (Å²) in [5.41, 5.74) is 1.28. The molecule has 5 heteroatoms. The number of Topliss-reactive ketones (excluding diaryl/α,β-unsaturated/α-hetero) is 1. The van der Waals surface area contributed by atoms with Crippen molar-refractivity contribution in [3.8, 4) is 0 Å². The SMILES string of the molecule is CC(C)(C)N=C1NC(=O)C(CC(=O)c2ccccc2)C1c1ccc(Br)cc1. The fraction of sp³-hybridized carbons (Fsp3) is 0.318. The number of amides is 1. The molecule has 1 fully saturated rings. The van der Waals surface area contributed by atoms with E-state index in [9.17, 15) is 9.59 Å². The lowest BCUT2D eigenvalue weighted by Gasteiger charge is -2.20. The van der Waals surface area contributed by atoms with Crippen LogP contribution in [-0.4, -0.2) is 23.1 Å². The Hall–Kier alpha value is -2.27. The van der Waals surface area contributed by atoms with Crippen molar-refractivity contribution < 1.29 is 9.59 Å². The summed E-state index contributed by atoms with van der Waals surface area (Å²) in [4.78, 5) is 30.2. The molecule has 1 N–H and O–H groups in total. The number of ketones is 1. The normalized spacial score (nSPS) is 21.3. The van der Waals surface area contributed by atoms with Crippen LogP contribution in [0.4, 0.5) is 0 Å². The number of carbonyl (C=O) groups is 2. The van der Waals surface area contributed by atoms with Crippen molar-refractivity contribution in [3.05, 3.63) is 70.2 Å². The summed E-state index contributed by atoms with van der Waals surface area (Å²) in [6.45, 7) is 5.98. The molecule has 3 rings (SSSR count). The monoisotopic (exact) mass is 426 g/mol. The van der Waals surface area contributed by atoms with Gasteiger partial charge in [0.05, 0.1) is 17.4 Å². The Morgan fingerprint density at radius 3 is 2.30 bits per heavy atom. The van der Waals surface area contributed by atoms with Gasteiger partial charge < -0.3 is 5.32 Å². The number of aliphatic imine (C=N–C) groups is 1. The summed E-state index contributed by atoms with van der Waals surface area (Å²) in [6.07, 6.45) is 0.153. The molecular formula is C22H23BrN2O2. The van der Waals surface area contributed by atoms with Gasteiger partial charge in [-0.25, -0.2) is 0 Å². The Morgan fingerprint density at radius 1 is 1.07 bits per heavy atom. The van der Waals surface area contributed by atoms with E-state index in [4.69, 9.17) is 4.99 Å². The second-order valence-corrected chi connectivity index (χ2v) is 8.70. The number of nitrogens with one attached hydrogen (secondary N) is 1. The van der Waals surface area contributed by atoms with Crippen LogP contribution in [0.3, 0.4) is 0 Å². The number of halogens is 1. The molecule has 1 aliphatic rings. The standard InChI is InChI=1S/C22H23BrN2O2/c1-22(2,3)25-20-19(15-9-11-16(23)12-10-15)17(21(27)24-20)13-18(26)14-7-5-4-6-8-14/h4-12,17,19H,13H2,1-3H3,(H,24,25,27). The number of carbonyl (C=O) groups excluding carboxylic acids is 2. The number of hydrogen-bond donors (Lipinski definition) is 1. The third kappa shape index (κ3) is 4.72. The predicted molar refractivity (Wildman–Crippen MR) is 111 cm³/mol. The predicted octanol–water partition coefficient (Wildman–Crippen LogP) is 4.75. The van der Waals surface area contributed by atoms with E-state index in [2.05, 4.69) is 21.2 Å². The van der Waals surface area contributed by atoms with Crippen molar-refractivity contribution >= 4 is 33.5 Å². The number of nitrogens with zero attached hydrogens (tertiary/aromatic N) is 1. The smallest absolute Gasteiger partial charge is 0.229 e. The molecule has 2 aromatic carbocycles. The first kappa shape index (κ1) is 19.5. The van der Waals surface area contributed by atoms with Gasteiger partial charge in [0, 0.05) is 16.5 Å². The lowest BCUT2D eigenvalue weighted by molar-refractivity contribution is -0.122. The molecule has 2 unspecified atom stereocenters. The van der Waals surface area contributed by atoms with Crippen LogP contribution in [0.1, 0.15) is 49.0 Å². The molecule has 27 heavy (non-hydrogen) atoms. The van der Waals surface area contributed by atoms with Gasteiger partial charge in [-0.05, 0) is 38.5 Å². The summed E-state index contributed by atoms with van der Waals surface area (Å²) >= 11 is 3.45. The number of amidine groups is 1. The van der Waals surface area contributed by atoms with E-state index in [1.807, 2.05) is 63.2 Å². The van der Waals surface area contributed by atoms with Gasteiger partial charge in [-0.1, -0.05) is 58.4 Å². The Balaban J connectivity index is 1.97. The molecule has 4 nitrogen and oxygen atoms in total. The Bertz CT molecular complexity index is 867. The fourth-order valence-corrected chi connectivity index (χ4v) is 3.57. The zero-order chi connectivity index (χ0) is 19.6. The topological polar surface area (TPSA) is 58.5 Å². The highest BCUT2D eigenvalue weighted by atomic mass is 79.9. The number of benzene rings is 2. The second-order valence-electron chi connectivity index (χ2n) is 7.79. The third-order valence-corrected chi connectivity index (χ3v) is 5.00. The molecular weight excluding hydrogens is 404 g/mol. The Labute approximate surface area is 168 Å². The molecule has 1 aliphatic heterocycles. The van der Waals surface area contributed by atoms with E-state index in [1.165, 1.54) is 0 Å². The molecule has 2 atom stereocenters. The molecule has 0 aromatic heterocycles. The highest BCUT2D eigenvalue weighted by Crippen LogP contribution is 2.35. The van der Waals surface area contributed by atoms with Gasteiger partial charge in [-0.3, -0.25) is 14.6 Å². The van der Waals surface area contributed by atoms with E-state index < -0.39 is 5.92 Å². The van der Waals surface area contributed by atoms with Crippen LogP contribution in [0, 0.1) is 5.92 Å². The molecule has 1 saturated heterocycles. The first-order valence-corrected chi connectivity index (χ1v) is 9.78. The van der Waals surface area contributed by atoms with Gasteiger partial charge in [0.15, 0.2) is 5.78 Å². The average molecular weight is 427 g/mol. The Kier molecular flexibility index (Phi) is 5.61. The van der Waals surface area contributed by atoms with Crippen LogP contribution in [0.2, 0.25) is 0 Å². The van der Waals surface area contributed by atoms with Gasteiger partial charge in [0.1, 0.15) is 5.84 Å². The largest absolute Gasteiger partial charge is 0.314 e. The molecule has 0 saturated carbocycles. The fourth-order valence-electron chi connectivity index (χ4n) is 3.31. The summed E-state index contributed by atoms with van der Waals surface area (Å²) in [5.74, 6) is -0.261. The molecule has 0 bridgehead atoms. The molecule has 0 spiro atoms. The molecule has 1 amide bonds. The highest BCUT2D eigenvalue weighted by molar-refractivity contribution is 9.10. The van der Waals surface area contributed by atoms with Gasteiger partial charge in [-0.15, -0.1) is 0 Å². The molecule has 140 valence electrons. The van der Waals surface area contributed by atoms with E-state index in [1.54, 1.807) is 12.1 Å². The summed E-state index contributed by atoms with van der Waals surface area (Å²) in [7, 11) is 0. The van der Waals surface area contributed by atoms with E-state index in [0.717, 1.165) is 10.0 Å². The van der Waals surface area contributed by atoms with E-state index in [-0.39, 0.29) is 29.6 Å². The number of rotatable bonds is 4. The minimum atomic E-state index is -0.472. The third-order valence-electron chi connectivity index (χ3n) is 4.47. The van der Waals surface area contributed by atoms with Gasteiger partial charge in [0.25, 0.3) is 0 Å². The Morgan fingerprint density at radius 2 is 1.70 bits per heavy atom. The van der Waals surface area contributed by atoms with Crippen LogP contribution in [0.5, 0.6) is 0 Å². The first-order valence-electron chi connectivity index (χ1n) is 8.99. The van der Waals surface area contributed by atoms with E-state index >= 15 is 0 Å². The van der Waals surface area contributed by atoms with Crippen LogP contribution < -0.4 is 5.32 Å². The zero-order valence-electron chi connectivity index (χ0n) is 15.7. The van der Waals surface area contributed by atoms with Crippen LogP contribution in [0.25, 0.3) is 0 Å². The summed E-state index contributed by atoms with van der Waals surface area (Å²) in [5, 5.41) is 2.93. The lowest BCUT2D eigenvalue weighted by Crippen LogP contribution is -2.26. The zero-order valence-corrected chi connectivity index (χ0v) is 17.3. The quantitative estimate of drug-likeness (QED) is 0.716. The average Bonchev–Trinajstić information content (AvgIpc) is 2.90. The van der Waals surface area contributed by atoms with Crippen LogP contribution in [-0.2, 0) is 4.79 Å². The van der Waals surface area contributed by atoms with Crippen molar-refractivity contribution in [3.63, 3.8) is 0 Å². The van der Waals surface area contributed by atoms with Crippen molar-refractivity contribution in [2.45, 2.75) is 38.6 Å². The molecule has 1 heterocycles. The van der Waals surface area contributed by atoms with Crippen molar-refractivity contribution in [1.29, 1.82) is 0 Å². The maximum Gasteiger partial charge on any atom is 0.229 e. The van der Waals surface area contributed by atoms with Crippen molar-refractivity contribution in [2.24, 2.45) is 10.9 Å². The van der Waals surface area contributed by atoms with Gasteiger partial charge in [0.2, 0.25) is 5.91 Å². The maximum atomic E-state index is 12.7. The minimum Gasteiger partial charge on any atom is -0.314 e. The summed E-state index contributed by atoms with van der Waals surface area (Å²) < 4.78 is 0.967. The van der Waals surface area contributed by atoms with Crippen LogP contribution in [0.15, 0.2) is 64.1 Å². The molecule has 0 radical (unpaired) electrons. The molecule has 2 aromatic rings. The minimum absolute atomic E-state index is 0.0325. The number of hydrogen-bond acceptors (Lipinski definition) is 3. The van der Waals surface area contributed by atoms with Crippen molar-refractivity contribution in [2.75, 3.05) is 0 Å². The maximum absolute atomic E-state index is 12.7. The van der Waals surface area contributed by atoms with Crippen molar-refractivity contribution in [1.82, 2.24) is 5.32 Å². The first-order chi connectivity index (χ1) is 12.7. The van der Waals surface area contributed by atoms with Gasteiger partial charge in [-0.2, -0.15) is 0 Å². The van der Waals surface area contributed by atoms with Crippen LogP contribution >= 0.6 is 15.9 Å². The molecule has 0 aliphatic carbocycles. The van der Waals surface area contributed by atoms with Gasteiger partial charge >= 0.3 is 0 Å². The highest BCUT2D eigenvalue weighted by Gasteiger charge is 2.42.